The lowest BCUT2D eigenvalue weighted by Gasteiger charge is -2.07. The molecule has 0 aliphatic carbocycles. The third kappa shape index (κ3) is 2.69. The van der Waals surface area contributed by atoms with Gasteiger partial charge in [-0.3, -0.25) is 0 Å². The number of hydrogen-bond donors (Lipinski definition) is 0. The van der Waals surface area contributed by atoms with Crippen molar-refractivity contribution in [1.82, 2.24) is 0 Å². The fourth-order valence-electron chi connectivity index (χ4n) is 2.79. The monoisotopic (exact) mass is 293 g/mol. The van der Waals surface area contributed by atoms with Gasteiger partial charge in [0.05, 0.1) is 18.2 Å². The van der Waals surface area contributed by atoms with E-state index < -0.39 is 0 Å². The third-order valence-corrected chi connectivity index (χ3v) is 3.81. The molecule has 0 spiro atoms. The van der Waals surface area contributed by atoms with E-state index in [-0.39, 0.29) is 0 Å². The maximum absolute atomic E-state index is 6.16. The molecule has 0 unspecified atom stereocenters. The highest BCUT2D eigenvalue weighted by atomic mass is 16.5. The van der Waals surface area contributed by atoms with Gasteiger partial charge in [-0.1, -0.05) is 23.8 Å². The second-order valence-corrected chi connectivity index (χ2v) is 5.73. The summed E-state index contributed by atoms with van der Waals surface area (Å²) in [5, 5.41) is 1.06. The Bertz CT molecular complexity index is 817. The van der Waals surface area contributed by atoms with Crippen molar-refractivity contribution in [2.45, 2.75) is 27.7 Å². The zero-order valence-corrected chi connectivity index (χ0v) is 13.6. The summed E-state index contributed by atoms with van der Waals surface area (Å²) in [4.78, 5) is 0. The van der Waals surface area contributed by atoms with Crippen LogP contribution in [0, 0.1) is 20.8 Å². The molecule has 2 heteroatoms. The van der Waals surface area contributed by atoms with Crippen LogP contribution in [0.1, 0.15) is 23.6 Å². The van der Waals surface area contributed by atoms with Crippen LogP contribution in [0.4, 0.5) is 0 Å². The van der Waals surface area contributed by atoms with Crippen LogP contribution < -0.4 is 4.74 Å². The molecular formula is C20H21O2+. The Morgan fingerprint density at radius 2 is 1.64 bits per heavy atom. The lowest BCUT2D eigenvalue weighted by Crippen LogP contribution is -1.95. The summed E-state index contributed by atoms with van der Waals surface area (Å²) in [5.41, 5.74) is 5.54. The average molecular weight is 293 g/mol. The second kappa shape index (κ2) is 5.80. The van der Waals surface area contributed by atoms with Crippen molar-refractivity contribution in [3.8, 4) is 17.1 Å². The van der Waals surface area contributed by atoms with E-state index in [2.05, 4.69) is 57.2 Å². The van der Waals surface area contributed by atoms with E-state index in [9.17, 15) is 0 Å². The van der Waals surface area contributed by atoms with Crippen molar-refractivity contribution in [2.75, 3.05) is 6.61 Å². The molecule has 22 heavy (non-hydrogen) atoms. The van der Waals surface area contributed by atoms with Gasteiger partial charge in [0, 0.05) is 6.07 Å². The molecule has 0 fully saturated rings. The molecule has 1 heterocycles. The first-order chi connectivity index (χ1) is 10.6. The largest absolute Gasteiger partial charge is 0.492 e. The summed E-state index contributed by atoms with van der Waals surface area (Å²) in [5.74, 6) is 1.72. The molecule has 0 radical (unpaired) electrons. The number of fused-ring (bicyclic) bond motifs is 1. The van der Waals surface area contributed by atoms with E-state index in [0.29, 0.717) is 6.61 Å². The first-order valence-electron chi connectivity index (χ1n) is 7.66. The highest BCUT2D eigenvalue weighted by Crippen LogP contribution is 2.35. The lowest BCUT2D eigenvalue weighted by molar-refractivity contribution is 0.342. The van der Waals surface area contributed by atoms with Gasteiger partial charge in [0.15, 0.2) is 0 Å². The highest BCUT2D eigenvalue weighted by molar-refractivity contribution is 5.89. The fourth-order valence-corrected chi connectivity index (χ4v) is 2.79. The van der Waals surface area contributed by atoms with Gasteiger partial charge < -0.3 is 4.74 Å². The van der Waals surface area contributed by atoms with Crippen LogP contribution in [-0.2, 0) is 0 Å². The van der Waals surface area contributed by atoms with Gasteiger partial charge in [0.1, 0.15) is 11.1 Å². The van der Waals surface area contributed by atoms with Crippen LogP contribution in [0.2, 0.25) is 0 Å². The second-order valence-electron chi connectivity index (χ2n) is 5.73. The van der Waals surface area contributed by atoms with Crippen molar-refractivity contribution < 1.29 is 9.15 Å². The molecule has 0 amide bonds. The maximum Gasteiger partial charge on any atom is 0.365 e. The Morgan fingerprint density at radius 3 is 2.32 bits per heavy atom. The topological polar surface area (TPSA) is 20.5 Å². The predicted octanol–water partition coefficient (Wildman–Crippen LogP) is 5.70. The van der Waals surface area contributed by atoms with Crippen molar-refractivity contribution in [2.24, 2.45) is 0 Å². The molecule has 3 aromatic rings. The van der Waals surface area contributed by atoms with Gasteiger partial charge in [-0.25, -0.2) is 4.42 Å². The van der Waals surface area contributed by atoms with Crippen molar-refractivity contribution >= 4 is 11.0 Å². The summed E-state index contributed by atoms with van der Waals surface area (Å²) in [6, 6.07) is 14.6. The van der Waals surface area contributed by atoms with E-state index in [0.717, 1.165) is 28.0 Å². The number of rotatable bonds is 3. The van der Waals surface area contributed by atoms with Gasteiger partial charge in [-0.05, 0) is 51.0 Å². The van der Waals surface area contributed by atoms with E-state index in [1.54, 1.807) is 0 Å². The van der Waals surface area contributed by atoms with Crippen LogP contribution in [0.3, 0.4) is 0 Å². The molecule has 3 rings (SSSR count). The third-order valence-electron chi connectivity index (χ3n) is 3.81. The number of ether oxygens (including phenoxy) is 1. The van der Waals surface area contributed by atoms with E-state index in [1.165, 1.54) is 16.7 Å². The highest BCUT2D eigenvalue weighted by Gasteiger charge is 2.21. The molecule has 1 aromatic heterocycles. The molecule has 0 bridgehead atoms. The van der Waals surface area contributed by atoms with Crippen LogP contribution >= 0.6 is 0 Å². The van der Waals surface area contributed by atoms with Gasteiger partial charge >= 0.3 is 11.3 Å². The molecule has 2 nitrogen and oxygen atoms in total. The van der Waals surface area contributed by atoms with Gasteiger partial charge in [-0.2, -0.15) is 0 Å². The summed E-state index contributed by atoms with van der Waals surface area (Å²) in [7, 11) is 0. The van der Waals surface area contributed by atoms with Crippen molar-refractivity contribution in [3.63, 3.8) is 0 Å². The number of aryl methyl sites for hydroxylation is 3. The smallest absolute Gasteiger partial charge is 0.365 e. The molecule has 0 aliphatic rings. The molecular weight excluding hydrogens is 272 g/mol. The Balaban J connectivity index is 2.26. The molecule has 2 aromatic carbocycles. The minimum Gasteiger partial charge on any atom is -0.492 e. The maximum atomic E-state index is 6.16. The Morgan fingerprint density at radius 1 is 0.909 bits per heavy atom. The summed E-state index contributed by atoms with van der Waals surface area (Å²) in [6.07, 6.45) is 0. The number of benzene rings is 2. The first kappa shape index (κ1) is 14.6. The van der Waals surface area contributed by atoms with Crippen LogP contribution in [-0.4, -0.2) is 6.61 Å². The molecule has 0 saturated heterocycles. The Hall–Kier alpha value is -2.35. The fraction of sp³-hybridized carbons (Fsp3) is 0.250. The van der Waals surface area contributed by atoms with E-state index in [1.807, 2.05) is 13.0 Å². The minimum absolute atomic E-state index is 0.639. The summed E-state index contributed by atoms with van der Waals surface area (Å²) < 4.78 is 12.0. The standard InChI is InChI=1S/C20H21O2/c1-5-21-18-12-17(16-8-6-13(2)7-9-16)22-19-11-14(3)10-15(4)20(18)19/h6-12H,5H2,1-4H3/q+1. The van der Waals surface area contributed by atoms with E-state index in [4.69, 9.17) is 9.15 Å². The molecule has 0 atom stereocenters. The first-order valence-corrected chi connectivity index (χ1v) is 7.66. The summed E-state index contributed by atoms with van der Waals surface area (Å²) >= 11 is 0. The van der Waals surface area contributed by atoms with Crippen molar-refractivity contribution in [1.29, 1.82) is 0 Å². The molecule has 112 valence electrons. The molecule has 0 aliphatic heterocycles. The van der Waals surface area contributed by atoms with Crippen LogP contribution in [0.15, 0.2) is 46.9 Å². The van der Waals surface area contributed by atoms with Crippen LogP contribution in [0.25, 0.3) is 22.3 Å². The van der Waals surface area contributed by atoms with Gasteiger partial charge in [-0.15, -0.1) is 0 Å². The quantitative estimate of drug-likeness (QED) is 0.577. The van der Waals surface area contributed by atoms with Crippen molar-refractivity contribution in [3.05, 3.63) is 59.2 Å². The number of hydrogen-bond acceptors (Lipinski definition) is 1. The molecule has 0 N–H and O–H groups in total. The van der Waals surface area contributed by atoms with E-state index >= 15 is 0 Å². The molecule has 0 saturated carbocycles. The normalized spacial score (nSPS) is 10.9. The summed E-state index contributed by atoms with van der Waals surface area (Å²) in [6.45, 7) is 8.91. The van der Waals surface area contributed by atoms with Gasteiger partial charge in [0.25, 0.3) is 0 Å². The van der Waals surface area contributed by atoms with Crippen LogP contribution in [0.5, 0.6) is 5.75 Å². The SMILES string of the molecule is CCOc1cc(-c2ccc(C)cc2)[o+]c2cc(C)cc(C)c12. The zero-order valence-electron chi connectivity index (χ0n) is 13.6. The Kier molecular flexibility index (Phi) is 3.84. The Labute approximate surface area is 131 Å². The zero-order chi connectivity index (χ0) is 15.7. The average Bonchev–Trinajstić information content (AvgIpc) is 2.47. The minimum atomic E-state index is 0.639. The van der Waals surface area contributed by atoms with Gasteiger partial charge in [0.2, 0.25) is 0 Å². The predicted molar refractivity (Wildman–Crippen MR) is 91.4 cm³/mol. The lowest BCUT2D eigenvalue weighted by atomic mass is 10.0.